The summed E-state index contributed by atoms with van der Waals surface area (Å²) in [5.74, 6) is 0. The van der Waals surface area contributed by atoms with Gasteiger partial charge in [0.15, 0.2) is 9.84 Å². The summed E-state index contributed by atoms with van der Waals surface area (Å²) in [6, 6.07) is 6.60. The molecule has 0 amide bonds. The first-order valence-electron chi connectivity index (χ1n) is 5.54. The third-order valence-electron chi connectivity index (χ3n) is 2.74. The normalized spacial score (nSPS) is 15.2. The molecule has 2 unspecified atom stereocenters. The summed E-state index contributed by atoms with van der Waals surface area (Å²) in [5, 5.41) is 8.77. The molecule has 1 aromatic rings. The molecule has 3 nitrogen and oxygen atoms in total. The summed E-state index contributed by atoms with van der Waals surface area (Å²) in [6.07, 6.45) is 0.754. The van der Waals surface area contributed by atoms with Gasteiger partial charge in [-0.25, -0.2) is 8.42 Å². The number of hydrogen-bond donors (Lipinski definition) is 1. The molecule has 0 fully saturated rings. The molecular formula is C13H18O3S. The maximum atomic E-state index is 12.2. The van der Waals surface area contributed by atoms with Gasteiger partial charge in [-0.3, -0.25) is 0 Å². The van der Waals surface area contributed by atoms with Crippen molar-refractivity contribution in [2.45, 2.75) is 36.5 Å². The van der Waals surface area contributed by atoms with Crippen LogP contribution in [-0.2, 0) is 9.84 Å². The lowest BCUT2D eigenvalue weighted by atomic mass is 10.2. The molecule has 4 heteroatoms. The van der Waals surface area contributed by atoms with Crippen molar-refractivity contribution in [2.24, 2.45) is 0 Å². The van der Waals surface area contributed by atoms with Crippen LogP contribution in [0, 0.1) is 6.92 Å². The van der Waals surface area contributed by atoms with Gasteiger partial charge < -0.3 is 5.11 Å². The van der Waals surface area contributed by atoms with Gasteiger partial charge in [0, 0.05) is 0 Å². The van der Waals surface area contributed by atoms with Crippen LogP contribution in [0.25, 0.3) is 0 Å². The van der Waals surface area contributed by atoms with Crippen LogP contribution in [0.3, 0.4) is 0 Å². The van der Waals surface area contributed by atoms with Crippen molar-refractivity contribution in [1.82, 2.24) is 0 Å². The van der Waals surface area contributed by atoms with Crippen molar-refractivity contribution >= 4 is 9.84 Å². The lowest BCUT2D eigenvalue weighted by Crippen LogP contribution is -2.31. The van der Waals surface area contributed by atoms with E-state index < -0.39 is 21.2 Å². The first-order chi connectivity index (χ1) is 7.93. The molecule has 0 radical (unpaired) electrons. The molecule has 0 aromatic heterocycles. The summed E-state index contributed by atoms with van der Waals surface area (Å²) < 4.78 is 24.5. The SMILES string of the molecule is C=CC(C(O)CC)S(=O)(=O)c1ccc(C)cc1. The summed E-state index contributed by atoms with van der Waals surface area (Å²) >= 11 is 0. The maximum absolute atomic E-state index is 12.2. The van der Waals surface area contributed by atoms with Gasteiger partial charge in [0.1, 0.15) is 5.25 Å². The molecule has 94 valence electrons. The first-order valence-corrected chi connectivity index (χ1v) is 7.09. The van der Waals surface area contributed by atoms with Crippen LogP contribution in [0.2, 0.25) is 0 Å². The highest BCUT2D eigenvalue weighted by atomic mass is 32.2. The van der Waals surface area contributed by atoms with E-state index in [1.54, 1.807) is 31.2 Å². The average molecular weight is 254 g/mol. The van der Waals surface area contributed by atoms with Gasteiger partial charge in [-0.15, -0.1) is 6.58 Å². The third-order valence-corrected chi connectivity index (χ3v) is 4.89. The van der Waals surface area contributed by atoms with Crippen molar-refractivity contribution in [3.63, 3.8) is 0 Å². The van der Waals surface area contributed by atoms with E-state index in [-0.39, 0.29) is 4.90 Å². The number of aliphatic hydroxyl groups is 1. The molecule has 0 spiro atoms. The zero-order chi connectivity index (χ0) is 13.1. The molecule has 0 aliphatic rings. The summed E-state index contributed by atoms with van der Waals surface area (Å²) in [7, 11) is -3.55. The van der Waals surface area contributed by atoms with E-state index in [4.69, 9.17) is 0 Å². The lowest BCUT2D eigenvalue weighted by molar-refractivity contribution is 0.176. The van der Waals surface area contributed by atoms with Gasteiger partial charge in [-0.1, -0.05) is 30.7 Å². The Hall–Kier alpha value is -1.13. The second kappa shape index (κ2) is 5.47. The number of sulfone groups is 1. The van der Waals surface area contributed by atoms with Crippen LogP contribution in [0.1, 0.15) is 18.9 Å². The largest absolute Gasteiger partial charge is 0.391 e. The van der Waals surface area contributed by atoms with Gasteiger partial charge in [-0.2, -0.15) is 0 Å². The lowest BCUT2D eigenvalue weighted by Gasteiger charge is -2.18. The maximum Gasteiger partial charge on any atom is 0.187 e. The molecule has 1 N–H and O–H groups in total. The molecule has 1 aromatic carbocycles. The smallest absolute Gasteiger partial charge is 0.187 e. The van der Waals surface area contributed by atoms with Crippen molar-refractivity contribution in [1.29, 1.82) is 0 Å². The highest BCUT2D eigenvalue weighted by Crippen LogP contribution is 2.21. The fourth-order valence-electron chi connectivity index (χ4n) is 1.61. The molecule has 1 rings (SSSR count). The Morgan fingerprint density at radius 3 is 2.29 bits per heavy atom. The predicted octanol–water partition coefficient (Wildman–Crippen LogP) is 2.09. The zero-order valence-corrected chi connectivity index (χ0v) is 10.9. The first kappa shape index (κ1) is 13.9. The second-order valence-corrected chi connectivity index (χ2v) is 6.14. The zero-order valence-electron chi connectivity index (χ0n) is 10.1. The quantitative estimate of drug-likeness (QED) is 0.819. The van der Waals surface area contributed by atoms with E-state index >= 15 is 0 Å². The molecule has 2 atom stereocenters. The van der Waals surface area contributed by atoms with Crippen molar-refractivity contribution in [3.05, 3.63) is 42.5 Å². The highest BCUT2D eigenvalue weighted by Gasteiger charge is 2.30. The van der Waals surface area contributed by atoms with Gasteiger partial charge in [0.05, 0.1) is 11.0 Å². The Labute approximate surface area is 103 Å². The average Bonchev–Trinajstić information content (AvgIpc) is 2.29. The van der Waals surface area contributed by atoms with Crippen LogP contribution in [0.4, 0.5) is 0 Å². The minimum absolute atomic E-state index is 0.223. The van der Waals surface area contributed by atoms with Crippen LogP contribution in [0.5, 0.6) is 0 Å². The molecule has 0 aliphatic carbocycles. The van der Waals surface area contributed by atoms with Crippen LogP contribution in [0.15, 0.2) is 41.8 Å². The minimum Gasteiger partial charge on any atom is -0.391 e. The number of hydrogen-bond acceptors (Lipinski definition) is 3. The van der Waals surface area contributed by atoms with E-state index in [2.05, 4.69) is 6.58 Å². The number of aryl methyl sites for hydroxylation is 1. The fraction of sp³-hybridized carbons (Fsp3) is 0.385. The van der Waals surface area contributed by atoms with Gasteiger partial charge in [0.2, 0.25) is 0 Å². The summed E-state index contributed by atoms with van der Waals surface area (Å²) in [6.45, 7) is 7.13. The Balaban J connectivity index is 3.17. The van der Waals surface area contributed by atoms with E-state index in [0.717, 1.165) is 5.56 Å². The van der Waals surface area contributed by atoms with Crippen LogP contribution in [-0.4, -0.2) is 24.9 Å². The third kappa shape index (κ3) is 2.96. The molecule has 0 heterocycles. The van der Waals surface area contributed by atoms with E-state index in [0.29, 0.717) is 6.42 Å². The van der Waals surface area contributed by atoms with Gasteiger partial charge in [-0.05, 0) is 25.5 Å². The second-order valence-electron chi connectivity index (χ2n) is 4.03. The summed E-state index contributed by atoms with van der Waals surface area (Å²) in [4.78, 5) is 0.223. The Bertz CT molecular complexity index is 474. The Morgan fingerprint density at radius 2 is 1.88 bits per heavy atom. The monoisotopic (exact) mass is 254 g/mol. The van der Waals surface area contributed by atoms with E-state index in [1.807, 2.05) is 6.92 Å². The molecule has 0 bridgehead atoms. The predicted molar refractivity (Wildman–Crippen MR) is 68.6 cm³/mol. The van der Waals surface area contributed by atoms with Crippen LogP contribution < -0.4 is 0 Å². The van der Waals surface area contributed by atoms with E-state index in [1.165, 1.54) is 6.08 Å². The van der Waals surface area contributed by atoms with Crippen molar-refractivity contribution in [3.8, 4) is 0 Å². The molecule has 17 heavy (non-hydrogen) atoms. The van der Waals surface area contributed by atoms with Crippen molar-refractivity contribution in [2.75, 3.05) is 0 Å². The van der Waals surface area contributed by atoms with Gasteiger partial charge >= 0.3 is 0 Å². The molecular weight excluding hydrogens is 236 g/mol. The van der Waals surface area contributed by atoms with E-state index in [9.17, 15) is 13.5 Å². The highest BCUT2D eigenvalue weighted by molar-refractivity contribution is 7.92. The Kier molecular flexibility index (Phi) is 4.48. The summed E-state index contributed by atoms with van der Waals surface area (Å²) in [5.41, 5.74) is 0.996. The van der Waals surface area contributed by atoms with Gasteiger partial charge in [0.25, 0.3) is 0 Å². The topological polar surface area (TPSA) is 54.4 Å². The Morgan fingerprint density at radius 1 is 1.35 bits per heavy atom. The minimum atomic E-state index is -3.55. The molecule has 0 saturated carbocycles. The number of aliphatic hydroxyl groups excluding tert-OH is 1. The number of benzene rings is 1. The molecule has 0 saturated heterocycles. The fourth-order valence-corrected chi connectivity index (χ4v) is 3.30. The van der Waals surface area contributed by atoms with Crippen LogP contribution >= 0.6 is 0 Å². The molecule has 0 aliphatic heterocycles. The standard InChI is InChI=1S/C13H18O3S/c1-4-12(14)13(5-2)17(15,16)11-8-6-10(3)7-9-11/h5-9,12-14H,2,4H2,1,3H3. The number of rotatable bonds is 5. The van der Waals surface area contributed by atoms with Crippen molar-refractivity contribution < 1.29 is 13.5 Å².